The molecule has 1 aromatic heterocycles. The molecule has 4 heteroatoms. The number of nitrogens with two attached hydrogens (primary N) is 1. The van der Waals surface area contributed by atoms with E-state index in [9.17, 15) is 0 Å². The van der Waals surface area contributed by atoms with E-state index < -0.39 is 0 Å². The number of anilines is 1. The van der Waals surface area contributed by atoms with Gasteiger partial charge in [-0.25, -0.2) is 0 Å². The van der Waals surface area contributed by atoms with Crippen molar-refractivity contribution in [2.24, 2.45) is 11.7 Å². The zero-order valence-electron chi connectivity index (χ0n) is 11.2. The van der Waals surface area contributed by atoms with E-state index in [1.165, 1.54) is 25.7 Å². The molecule has 98 valence electrons. The quantitative estimate of drug-likeness (QED) is 0.635. The molecular formula is C14H22N4. The number of amidine groups is 1. The van der Waals surface area contributed by atoms with Gasteiger partial charge in [0.1, 0.15) is 5.84 Å². The Morgan fingerprint density at radius 1 is 1.44 bits per heavy atom. The average molecular weight is 246 g/mol. The van der Waals surface area contributed by atoms with Gasteiger partial charge in [0.25, 0.3) is 0 Å². The highest BCUT2D eigenvalue weighted by Gasteiger charge is 2.26. The van der Waals surface area contributed by atoms with Crippen molar-refractivity contribution in [3.63, 3.8) is 0 Å². The summed E-state index contributed by atoms with van der Waals surface area (Å²) in [6, 6.07) is 2.35. The molecule has 0 spiro atoms. The first kappa shape index (κ1) is 12.9. The number of nitrogens with zero attached hydrogens (tertiary/aromatic N) is 2. The summed E-state index contributed by atoms with van der Waals surface area (Å²) < 4.78 is 0. The predicted octanol–water partition coefficient (Wildman–Crippen LogP) is 2.38. The third-order valence-corrected chi connectivity index (χ3v) is 4.03. The van der Waals surface area contributed by atoms with Crippen LogP contribution in [0.1, 0.15) is 38.2 Å². The van der Waals surface area contributed by atoms with Gasteiger partial charge in [0, 0.05) is 24.8 Å². The van der Waals surface area contributed by atoms with Crippen molar-refractivity contribution in [1.82, 2.24) is 4.98 Å². The molecule has 18 heavy (non-hydrogen) atoms. The number of nitrogens with one attached hydrogen (secondary N) is 1. The molecular weight excluding hydrogens is 224 g/mol. The van der Waals surface area contributed by atoms with Crippen molar-refractivity contribution < 1.29 is 0 Å². The Morgan fingerprint density at radius 2 is 2.17 bits per heavy atom. The zero-order valence-corrected chi connectivity index (χ0v) is 11.2. The van der Waals surface area contributed by atoms with Gasteiger partial charge in [0.15, 0.2) is 0 Å². The fraction of sp³-hybridized carbons (Fsp3) is 0.571. The lowest BCUT2D eigenvalue weighted by Crippen LogP contribution is -2.40. The largest absolute Gasteiger partial charge is 0.384 e. The van der Waals surface area contributed by atoms with Gasteiger partial charge >= 0.3 is 0 Å². The van der Waals surface area contributed by atoms with E-state index >= 15 is 0 Å². The Kier molecular flexibility index (Phi) is 3.84. The summed E-state index contributed by atoms with van der Waals surface area (Å²) in [5.41, 5.74) is 7.40. The van der Waals surface area contributed by atoms with E-state index in [-0.39, 0.29) is 5.84 Å². The van der Waals surface area contributed by atoms with E-state index in [4.69, 9.17) is 11.1 Å². The van der Waals surface area contributed by atoms with E-state index in [1.807, 2.05) is 12.3 Å². The van der Waals surface area contributed by atoms with Crippen LogP contribution in [0.3, 0.4) is 0 Å². The SMILES string of the molecule is CC1CCCCC1N(C)c1cnccc1C(=N)N. The second-order valence-electron chi connectivity index (χ2n) is 5.25. The van der Waals surface area contributed by atoms with Crippen LogP contribution < -0.4 is 10.6 Å². The normalized spacial score (nSPS) is 23.7. The van der Waals surface area contributed by atoms with Crippen LogP contribution in [-0.2, 0) is 0 Å². The molecule has 2 rings (SSSR count). The third-order valence-electron chi connectivity index (χ3n) is 4.03. The molecule has 1 heterocycles. The molecule has 0 amide bonds. The van der Waals surface area contributed by atoms with Crippen LogP contribution in [0.25, 0.3) is 0 Å². The van der Waals surface area contributed by atoms with Crippen LogP contribution in [0, 0.1) is 11.3 Å². The molecule has 1 aromatic rings. The lowest BCUT2D eigenvalue weighted by molar-refractivity contribution is 0.321. The zero-order chi connectivity index (χ0) is 13.1. The summed E-state index contributed by atoms with van der Waals surface area (Å²) in [6.07, 6.45) is 8.62. The van der Waals surface area contributed by atoms with Gasteiger partial charge in [0.2, 0.25) is 0 Å². The Bertz CT molecular complexity index is 430. The number of rotatable bonds is 3. The molecule has 0 aliphatic heterocycles. The number of aromatic nitrogens is 1. The van der Waals surface area contributed by atoms with Gasteiger partial charge in [-0.15, -0.1) is 0 Å². The van der Waals surface area contributed by atoms with Crippen molar-refractivity contribution in [2.75, 3.05) is 11.9 Å². The maximum atomic E-state index is 7.66. The molecule has 1 saturated carbocycles. The number of hydrogen-bond acceptors (Lipinski definition) is 3. The first-order valence-corrected chi connectivity index (χ1v) is 6.62. The summed E-state index contributed by atoms with van der Waals surface area (Å²) in [4.78, 5) is 6.43. The topological polar surface area (TPSA) is 66.0 Å². The molecule has 3 N–H and O–H groups in total. The minimum Gasteiger partial charge on any atom is -0.384 e. The van der Waals surface area contributed by atoms with Gasteiger partial charge in [-0.1, -0.05) is 19.8 Å². The molecule has 2 atom stereocenters. The lowest BCUT2D eigenvalue weighted by Gasteiger charge is -2.38. The highest BCUT2D eigenvalue weighted by atomic mass is 15.1. The van der Waals surface area contributed by atoms with E-state index in [2.05, 4.69) is 23.9 Å². The van der Waals surface area contributed by atoms with Crippen molar-refractivity contribution in [3.8, 4) is 0 Å². The number of hydrogen-bond donors (Lipinski definition) is 2. The minimum atomic E-state index is 0.114. The predicted molar refractivity (Wildman–Crippen MR) is 75.1 cm³/mol. The minimum absolute atomic E-state index is 0.114. The Balaban J connectivity index is 2.27. The molecule has 2 unspecified atom stereocenters. The summed E-state index contributed by atoms with van der Waals surface area (Å²) in [6.45, 7) is 2.31. The number of pyridine rings is 1. The first-order chi connectivity index (χ1) is 8.61. The van der Waals surface area contributed by atoms with Crippen LogP contribution in [0.2, 0.25) is 0 Å². The lowest BCUT2D eigenvalue weighted by atomic mass is 9.85. The molecule has 0 saturated heterocycles. The highest BCUT2D eigenvalue weighted by Crippen LogP contribution is 2.31. The maximum Gasteiger partial charge on any atom is 0.125 e. The van der Waals surface area contributed by atoms with Crippen LogP contribution in [-0.4, -0.2) is 23.9 Å². The highest BCUT2D eigenvalue weighted by molar-refractivity contribution is 6.00. The van der Waals surface area contributed by atoms with Crippen molar-refractivity contribution in [3.05, 3.63) is 24.0 Å². The van der Waals surface area contributed by atoms with Crippen molar-refractivity contribution in [2.45, 2.75) is 38.6 Å². The fourth-order valence-corrected chi connectivity index (χ4v) is 2.95. The van der Waals surface area contributed by atoms with Crippen LogP contribution in [0.5, 0.6) is 0 Å². The Labute approximate surface area is 109 Å². The smallest absolute Gasteiger partial charge is 0.125 e. The van der Waals surface area contributed by atoms with Crippen LogP contribution in [0.4, 0.5) is 5.69 Å². The first-order valence-electron chi connectivity index (χ1n) is 6.62. The Hall–Kier alpha value is -1.58. The Morgan fingerprint density at radius 3 is 2.83 bits per heavy atom. The van der Waals surface area contributed by atoms with E-state index in [1.54, 1.807) is 6.20 Å². The molecule has 0 bridgehead atoms. The summed E-state index contributed by atoms with van der Waals surface area (Å²) >= 11 is 0. The van der Waals surface area contributed by atoms with Gasteiger partial charge in [-0.2, -0.15) is 0 Å². The van der Waals surface area contributed by atoms with Gasteiger partial charge in [-0.3, -0.25) is 10.4 Å². The molecule has 1 fully saturated rings. The van der Waals surface area contributed by atoms with Gasteiger partial charge in [0.05, 0.1) is 11.9 Å². The number of nitrogen functional groups attached to an aromatic ring is 1. The fourth-order valence-electron chi connectivity index (χ4n) is 2.95. The van der Waals surface area contributed by atoms with E-state index in [0.717, 1.165) is 11.3 Å². The van der Waals surface area contributed by atoms with Crippen molar-refractivity contribution in [1.29, 1.82) is 5.41 Å². The van der Waals surface area contributed by atoms with Crippen molar-refractivity contribution >= 4 is 11.5 Å². The molecule has 1 aliphatic rings. The summed E-state index contributed by atoms with van der Waals surface area (Å²) in [5, 5.41) is 7.66. The van der Waals surface area contributed by atoms with Gasteiger partial charge in [-0.05, 0) is 24.8 Å². The molecule has 0 radical (unpaired) electrons. The third kappa shape index (κ3) is 2.47. The maximum absolute atomic E-state index is 7.66. The molecule has 4 nitrogen and oxygen atoms in total. The second kappa shape index (κ2) is 5.38. The van der Waals surface area contributed by atoms with Crippen LogP contribution >= 0.6 is 0 Å². The molecule has 1 aliphatic carbocycles. The molecule has 0 aromatic carbocycles. The van der Waals surface area contributed by atoms with E-state index in [0.29, 0.717) is 12.0 Å². The average Bonchev–Trinajstić information content (AvgIpc) is 2.38. The second-order valence-corrected chi connectivity index (χ2v) is 5.25. The summed E-state index contributed by atoms with van der Waals surface area (Å²) in [5.74, 6) is 0.798. The monoisotopic (exact) mass is 246 g/mol. The summed E-state index contributed by atoms with van der Waals surface area (Å²) in [7, 11) is 2.09. The van der Waals surface area contributed by atoms with Crippen LogP contribution in [0.15, 0.2) is 18.5 Å². The van der Waals surface area contributed by atoms with Gasteiger partial charge < -0.3 is 10.6 Å². The standard InChI is InChI=1S/C14H22N4/c1-10-5-3-4-6-12(10)18(2)13-9-17-8-7-11(13)14(15)16/h7-10,12H,3-6H2,1-2H3,(H3,15,16).